The molecular formula is C16H16O4S. The van der Waals surface area contributed by atoms with Crippen LogP contribution in [0, 0.1) is 0 Å². The van der Waals surface area contributed by atoms with E-state index in [1.54, 1.807) is 18.2 Å². The number of para-hydroxylation sites is 1. The summed E-state index contributed by atoms with van der Waals surface area (Å²) in [6, 6.07) is 15.0. The lowest BCUT2D eigenvalue weighted by Crippen LogP contribution is -2.06. The molecule has 0 heterocycles. The van der Waals surface area contributed by atoms with Gasteiger partial charge in [0.2, 0.25) is 0 Å². The lowest BCUT2D eigenvalue weighted by molar-refractivity contribution is 0.0596. The third-order valence-corrected chi connectivity index (χ3v) is 3.62. The molecule has 0 fully saturated rings. The number of carbonyl (C=O) groups excluding carboxylic acids is 1. The maximum atomic E-state index is 11.8. The molecule has 0 aliphatic carbocycles. The fourth-order valence-electron chi connectivity index (χ4n) is 1.77. The highest BCUT2D eigenvalue weighted by atomic mass is 32.2. The van der Waals surface area contributed by atoms with Crippen molar-refractivity contribution in [2.24, 2.45) is 0 Å². The number of esters is 1. The second-order valence-electron chi connectivity index (χ2n) is 4.05. The fourth-order valence-corrected chi connectivity index (χ4v) is 2.43. The van der Waals surface area contributed by atoms with E-state index >= 15 is 0 Å². The third-order valence-electron chi connectivity index (χ3n) is 2.78. The molecular weight excluding hydrogens is 288 g/mol. The average molecular weight is 304 g/mol. The van der Waals surface area contributed by atoms with Crippen LogP contribution >= 0.6 is 11.8 Å². The van der Waals surface area contributed by atoms with Crippen LogP contribution in [-0.4, -0.2) is 26.1 Å². The van der Waals surface area contributed by atoms with Gasteiger partial charge in [-0.15, -0.1) is 0 Å². The van der Waals surface area contributed by atoms with Crippen molar-refractivity contribution in [3.05, 3.63) is 54.1 Å². The molecule has 0 aliphatic heterocycles. The van der Waals surface area contributed by atoms with Crippen molar-refractivity contribution in [2.75, 3.05) is 20.2 Å². The Morgan fingerprint density at radius 1 is 1.05 bits per heavy atom. The number of hydrogen-bond acceptors (Lipinski definition) is 5. The zero-order valence-electron chi connectivity index (χ0n) is 11.9. The molecule has 0 saturated heterocycles. The standard InChI is InChI=1S/C16H16O4S/c1-18-14-10-6-9-13(16(17)19-2)15(14)20-11-21-12-7-4-3-5-8-12/h3-10H,11H2,1-2H3. The molecule has 0 N–H and O–H groups in total. The Hall–Kier alpha value is -2.14. The zero-order valence-corrected chi connectivity index (χ0v) is 12.7. The minimum atomic E-state index is -0.450. The highest BCUT2D eigenvalue weighted by Gasteiger charge is 2.17. The number of rotatable bonds is 6. The van der Waals surface area contributed by atoms with Crippen LogP contribution in [0.2, 0.25) is 0 Å². The number of carbonyl (C=O) groups is 1. The van der Waals surface area contributed by atoms with Gasteiger partial charge in [0, 0.05) is 4.90 Å². The van der Waals surface area contributed by atoms with Gasteiger partial charge in [-0.2, -0.15) is 0 Å². The van der Waals surface area contributed by atoms with Crippen molar-refractivity contribution in [3.8, 4) is 11.5 Å². The first-order chi connectivity index (χ1) is 10.3. The summed E-state index contributed by atoms with van der Waals surface area (Å²) in [6.07, 6.45) is 0. The number of benzene rings is 2. The van der Waals surface area contributed by atoms with Crippen LogP contribution in [0.15, 0.2) is 53.4 Å². The SMILES string of the molecule is COC(=O)c1cccc(OC)c1OCSc1ccccc1. The lowest BCUT2D eigenvalue weighted by Gasteiger charge is -2.13. The van der Waals surface area contributed by atoms with Gasteiger partial charge in [0.05, 0.1) is 14.2 Å². The Morgan fingerprint density at radius 2 is 1.81 bits per heavy atom. The summed E-state index contributed by atoms with van der Waals surface area (Å²) in [5, 5.41) is 0. The van der Waals surface area contributed by atoms with E-state index in [1.807, 2.05) is 30.3 Å². The Morgan fingerprint density at radius 3 is 2.48 bits per heavy atom. The van der Waals surface area contributed by atoms with E-state index in [0.29, 0.717) is 23.0 Å². The van der Waals surface area contributed by atoms with Crippen LogP contribution in [0.3, 0.4) is 0 Å². The van der Waals surface area contributed by atoms with Gasteiger partial charge in [-0.05, 0) is 24.3 Å². The minimum Gasteiger partial charge on any atom is -0.493 e. The van der Waals surface area contributed by atoms with E-state index in [4.69, 9.17) is 14.2 Å². The lowest BCUT2D eigenvalue weighted by atomic mass is 10.2. The van der Waals surface area contributed by atoms with Crippen molar-refractivity contribution in [2.45, 2.75) is 4.90 Å². The summed E-state index contributed by atoms with van der Waals surface area (Å²) >= 11 is 1.53. The summed E-state index contributed by atoms with van der Waals surface area (Å²) < 4.78 is 15.7. The summed E-state index contributed by atoms with van der Waals surface area (Å²) in [5.74, 6) is 0.824. The normalized spacial score (nSPS) is 10.0. The second-order valence-corrected chi connectivity index (χ2v) is 5.04. The maximum absolute atomic E-state index is 11.8. The van der Waals surface area contributed by atoms with Crippen molar-refractivity contribution in [1.82, 2.24) is 0 Å². The number of ether oxygens (including phenoxy) is 3. The van der Waals surface area contributed by atoms with Crippen LogP contribution in [0.4, 0.5) is 0 Å². The number of hydrogen-bond donors (Lipinski definition) is 0. The van der Waals surface area contributed by atoms with Crippen molar-refractivity contribution < 1.29 is 19.0 Å². The molecule has 0 unspecified atom stereocenters. The Labute approximate surface area is 128 Å². The van der Waals surface area contributed by atoms with E-state index in [-0.39, 0.29) is 0 Å². The molecule has 0 spiro atoms. The van der Waals surface area contributed by atoms with E-state index in [9.17, 15) is 4.79 Å². The first kappa shape index (κ1) is 15.3. The summed E-state index contributed by atoms with van der Waals surface area (Å²) in [6.45, 7) is 0. The van der Waals surface area contributed by atoms with Gasteiger partial charge >= 0.3 is 5.97 Å². The predicted octanol–water partition coefficient (Wildman–Crippen LogP) is 3.61. The van der Waals surface area contributed by atoms with Crippen LogP contribution in [-0.2, 0) is 4.74 Å². The molecule has 0 amide bonds. The van der Waals surface area contributed by atoms with Crippen molar-refractivity contribution in [1.29, 1.82) is 0 Å². The van der Waals surface area contributed by atoms with E-state index in [1.165, 1.54) is 26.0 Å². The first-order valence-corrected chi connectivity index (χ1v) is 7.30. The average Bonchev–Trinajstić information content (AvgIpc) is 2.55. The Balaban J connectivity index is 2.12. The second kappa shape index (κ2) is 7.59. The molecule has 0 radical (unpaired) electrons. The smallest absolute Gasteiger partial charge is 0.341 e. The highest BCUT2D eigenvalue weighted by molar-refractivity contribution is 7.99. The molecule has 2 aromatic rings. The van der Waals surface area contributed by atoms with Crippen LogP contribution in [0.25, 0.3) is 0 Å². The van der Waals surface area contributed by atoms with Gasteiger partial charge < -0.3 is 14.2 Å². The molecule has 21 heavy (non-hydrogen) atoms. The zero-order chi connectivity index (χ0) is 15.1. The van der Waals surface area contributed by atoms with Gasteiger partial charge in [0.25, 0.3) is 0 Å². The van der Waals surface area contributed by atoms with Gasteiger partial charge in [0.15, 0.2) is 11.5 Å². The molecule has 4 nitrogen and oxygen atoms in total. The Kier molecular flexibility index (Phi) is 5.51. The van der Waals surface area contributed by atoms with Crippen molar-refractivity contribution in [3.63, 3.8) is 0 Å². The van der Waals surface area contributed by atoms with Crippen LogP contribution in [0.5, 0.6) is 11.5 Å². The molecule has 0 aromatic heterocycles. The highest BCUT2D eigenvalue weighted by Crippen LogP contribution is 2.32. The molecule has 5 heteroatoms. The largest absolute Gasteiger partial charge is 0.493 e. The molecule has 2 aromatic carbocycles. The summed E-state index contributed by atoms with van der Waals surface area (Å²) in [5.41, 5.74) is 0.352. The van der Waals surface area contributed by atoms with Gasteiger partial charge in [-0.3, -0.25) is 0 Å². The van der Waals surface area contributed by atoms with E-state index in [2.05, 4.69) is 0 Å². The van der Waals surface area contributed by atoms with E-state index in [0.717, 1.165) is 4.90 Å². The quantitative estimate of drug-likeness (QED) is 0.463. The maximum Gasteiger partial charge on any atom is 0.341 e. The number of thioether (sulfide) groups is 1. The molecule has 0 aliphatic rings. The van der Waals surface area contributed by atoms with Crippen LogP contribution < -0.4 is 9.47 Å². The Bertz CT molecular complexity index is 598. The molecule has 0 bridgehead atoms. The predicted molar refractivity (Wildman–Crippen MR) is 82.1 cm³/mol. The number of methoxy groups -OCH3 is 2. The minimum absolute atomic E-state index is 0.352. The topological polar surface area (TPSA) is 44.8 Å². The molecule has 110 valence electrons. The van der Waals surface area contributed by atoms with Crippen LogP contribution in [0.1, 0.15) is 10.4 Å². The summed E-state index contributed by atoms with van der Waals surface area (Å²) in [7, 11) is 2.87. The molecule has 0 atom stereocenters. The fraction of sp³-hybridized carbons (Fsp3) is 0.188. The first-order valence-electron chi connectivity index (χ1n) is 6.32. The van der Waals surface area contributed by atoms with Gasteiger partial charge in [-0.1, -0.05) is 36.0 Å². The van der Waals surface area contributed by atoms with Gasteiger partial charge in [0.1, 0.15) is 11.5 Å². The molecule has 0 saturated carbocycles. The molecule has 2 rings (SSSR count). The van der Waals surface area contributed by atoms with Crippen molar-refractivity contribution >= 4 is 17.7 Å². The van der Waals surface area contributed by atoms with Gasteiger partial charge in [-0.25, -0.2) is 4.79 Å². The summed E-state index contributed by atoms with van der Waals surface area (Å²) in [4.78, 5) is 12.9. The van der Waals surface area contributed by atoms with E-state index < -0.39 is 5.97 Å². The third kappa shape index (κ3) is 3.92. The monoisotopic (exact) mass is 304 g/mol.